The molecule has 0 radical (unpaired) electrons. The molecule has 0 unspecified atom stereocenters. The van der Waals surface area contributed by atoms with Crippen molar-refractivity contribution < 1.29 is 8.42 Å². The summed E-state index contributed by atoms with van der Waals surface area (Å²) in [5, 5.41) is 3.07. The van der Waals surface area contributed by atoms with E-state index in [0.717, 1.165) is 51.0 Å². The van der Waals surface area contributed by atoms with Crippen molar-refractivity contribution in [2.45, 2.75) is 44.8 Å². The molecule has 0 amide bonds. The molecule has 0 fully saturated rings. The maximum atomic E-state index is 11.6. The summed E-state index contributed by atoms with van der Waals surface area (Å²) < 4.78 is 25.9. The Kier molecular flexibility index (Phi) is 7.78. The minimum atomic E-state index is -3.12. The van der Waals surface area contributed by atoms with Gasteiger partial charge >= 0.3 is 0 Å². The van der Waals surface area contributed by atoms with Crippen molar-refractivity contribution in [3.8, 4) is 0 Å². The highest BCUT2D eigenvalue weighted by Crippen LogP contribution is 2.19. The van der Waals surface area contributed by atoms with Crippen LogP contribution in [0.25, 0.3) is 0 Å². The molecule has 6 heteroatoms. The summed E-state index contributed by atoms with van der Waals surface area (Å²) in [5.41, 5.74) is 2.41. The summed E-state index contributed by atoms with van der Waals surface area (Å²) in [6.07, 6.45) is 8.48. The molecule has 0 saturated carbocycles. The van der Waals surface area contributed by atoms with Crippen molar-refractivity contribution in [2.24, 2.45) is 0 Å². The molecule has 0 atom stereocenters. The van der Waals surface area contributed by atoms with Crippen LogP contribution in [0.1, 0.15) is 39.5 Å². The second kappa shape index (κ2) is 9.82. The molecule has 0 saturated heterocycles. The third-order valence-electron chi connectivity index (χ3n) is 4.40. The molecule has 2 rings (SSSR count). The SMILES string of the molecule is CC(C)S(=O)(=O)NCCCCCNc1ccc(N2CC=CCC2)cc1. The molecule has 0 aliphatic carbocycles. The van der Waals surface area contributed by atoms with Crippen LogP contribution in [-0.2, 0) is 10.0 Å². The van der Waals surface area contributed by atoms with Gasteiger partial charge in [0, 0.05) is 37.6 Å². The van der Waals surface area contributed by atoms with Crippen LogP contribution in [0, 0.1) is 0 Å². The topological polar surface area (TPSA) is 61.4 Å². The van der Waals surface area contributed by atoms with E-state index >= 15 is 0 Å². The van der Waals surface area contributed by atoms with Crippen LogP contribution >= 0.6 is 0 Å². The summed E-state index contributed by atoms with van der Waals surface area (Å²) >= 11 is 0. The first-order valence-corrected chi connectivity index (χ1v) is 10.8. The number of nitrogens with zero attached hydrogens (tertiary/aromatic N) is 1. The highest BCUT2D eigenvalue weighted by molar-refractivity contribution is 7.90. The molecule has 0 aromatic heterocycles. The summed E-state index contributed by atoms with van der Waals surface area (Å²) in [6.45, 7) is 6.90. The molecular weight excluding hydrogens is 334 g/mol. The number of nitrogens with one attached hydrogen (secondary N) is 2. The Morgan fingerprint density at radius 1 is 1.04 bits per heavy atom. The number of benzene rings is 1. The molecule has 0 bridgehead atoms. The first kappa shape index (κ1) is 19.8. The standard InChI is InChI=1S/C19H31N3O2S/c1-17(2)25(23,24)21-14-6-3-5-13-20-18-9-11-19(12-10-18)22-15-7-4-8-16-22/h4,7,9-12,17,20-21H,3,5-6,8,13-16H2,1-2H3. The van der Waals surface area contributed by atoms with Gasteiger partial charge in [-0.1, -0.05) is 18.6 Å². The van der Waals surface area contributed by atoms with E-state index in [1.165, 1.54) is 5.69 Å². The van der Waals surface area contributed by atoms with Crippen LogP contribution in [0.2, 0.25) is 0 Å². The Morgan fingerprint density at radius 2 is 1.76 bits per heavy atom. The largest absolute Gasteiger partial charge is 0.385 e. The Hall–Kier alpha value is -1.53. The minimum Gasteiger partial charge on any atom is -0.385 e. The van der Waals surface area contributed by atoms with Gasteiger partial charge in [-0.15, -0.1) is 0 Å². The lowest BCUT2D eigenvalue weighted by Crippen LogP contribution is -2.31. The highest BCUT2D eigenvalue weighted by Gasteiger charge is 2.13. The monoisotopic (exact) mass is 365 g/mol. The van der Waals surface area contributed by atoms with Crippen LogP contribution in [0.3, 0.4) is 0 Å². The van der Waals surface area contributed by atoms with Gasteiger partial charge in [0.05, 0.1) is 5.25 Å². The summed E-state index contributed by atoms with van der Waals surface area (Å²) in [7, 11) is -3.12. The quantitative estimate of drug-likeness (QED) is 0.493. The van der Waals surface area contributed by atoms with E-state index in [4.69, 9.17) is 0 Å². The fourth-order valence-electron chi connectivity index (χ4n) is 2.71. The highest BCUT2D eigenvalue weighted by atomic mass is 32.2. The Morgan fingerprint density at radius 3 is 2.40 bits per heavy atom. The van der Waals surface area contributed by atoms with Gasteiger partial charge in [0.1, 0.15) is 0 Å². The zero-order valence-corrected chi connectivity index (χ0v) is 16.2. The molecule has 1 heterocycles. The van der Waals surface area contributed by atoms with Crippen molar-refractivity contribution in [1.29, 1.82) is 0 Å². The van der Waals surface area contributed by atoms with Gasteiger partial charge in [-0.2, -0.15) is 0 Å². The molecule has 1 aromatic rings. The van der Waals surface area contributed by atoms with Crippen LogP contribution in [0.4, 0.5) is 11.4 Å². The van der Waals surface area contributed by atoms with Gasteiger partial charge in [-0.3, -0.25) is 0 Å². The Balaban J connectivity index is 1.60. The number of sulfonamides is 1. The van der Waals surface area contributed by atoms with Crippen LogP contribution in [0.15, 0.2) is 36.4 Å². The molecule has 0 spiro atoms. The van der Waals surface area contributed by atoms with Crippen molar-refractivity contribution in [3.05, 3.63) is 36.4 Å². The first-order valence-electron chi connectivity index (χ1n) is 9.21. The Labute approximate surface area is 152 Å². The van der Waals surface area contributed by atoms with E-state index in [0.29, 0.717) is 6.54 Å². The number of anilines is 2. The Bertz CT molecular complexity index is 639. The molecule has 140 valence electrons. The zero-order chi connectivity index (χ0) is 18.1. The van der Waals surface area contributed by atoms with Crippen molar-refractivity contribution in [3.63, 3.8) is 0 Å². The van der Waals surface area contributed by atoms with Crippen molar-refractivity contribution in [1.82, 2.24) is 4.72 Å². The fourth-order valence-corrected chi connectivity index (χ4v) is 3.47. The van der Waals surface area contributed by atoms with Gasteiger partial charge in [-0.05, 0) is 57.4 Å². The maximum Gasteiger partial charge on any atom is 0.213 e. The summed E-state index contributed by atoms with van der Waals surface area (Å²) in [4.78, 5) is 2.38. The molecule has 1 aromatic carbocycles. The normalized spacial score (nSPS) is 14.9. The lowest BCUT2D eigenvalue weighted by atomic mass is 10.2. The first-order chi connectivity index (χ1) is 12.0. The maximum absolute atomic E-state index is 11.6. The van der Waals surface area contributed by atoms with Crippen molar-refractivity contribution >= 4 is 21.4 Å². The van der Waals surface area contributed by atoms with Gasteiger partial charge in [0.15, 0.2) is 0 Å². The molecule has 5 nitrogen and oxygen atoms in total. The van der Waals surface area contributed by atoms with E-state index in [1.54, 1.807) is 13.8 Å². The van der Waals surface area contributed by atoms with Crippen molar-refractivity contribution in [2.75, 3.05) is 36.4 Å². The minimum absolute atomic E-state index is 0.363. The van der Waals surface area contributed by atoms with Gasteiger partial charge in [0.2, 0.25) is 10.0 Å². The van der Waals surface area contributed by atoms with E-state index in [-0.39, 0.29) is 5.25 Å². The lowest BCUT2D eigenvalue weighted by molar-refractivity contribution is 0.566. The van der Waals surface area contributed by atoms with Gasteiger partial charge in [0.25, 0.3) is 0 Å². The molecule has 2 N–H and O–H groups in total. The van der Waals surface area contributed by atoms with E-state index < -0.39 is 10.0 Å². The van der Waals surface area contributed by atoms with Crippen LogP contribution in [-0.4, -0.2) is 39.8 Å². The number of rotatable bonds is 10. The smallest absolute Gasteiger partial charge is 0.213 e. The molecule has 1 aliphatic heterocycles. The molecule has 1 aliphatic rings. The second-order valence-electron chi connectivity index (χ2n) is 6.73. The van der Waals surface area contributed by atoms with Crippen LogP contribution < -0.4 is 14.9 Å². The van der Waals surface area contributed by atoms with Gasteiger partial charge < -0.3 is 10.2 Å². The average Bonchev–Trinajstić information content (AvgIpc) is 2.62. The lowest BCUT2D eigenvalue weighted by Gasteiger charge is -2.25. The number of unbranched alkanes of at least 4 members (excludes halogenated alkanes) is 2. The predicted octanol–water partition coefficient (Wildman–Crippen LogP) is 3.36. The fraction of sp³-hybridized carbons (Fsp3) is 0.579. The second-order valence-corrected chi connectivity index (χ2v) is 9.05. The predicted molar refractivity (Wildman–Crippen MR) is 107 cm³/mol. The van der Waals surface area contributed by atoms with Crippen LogP contribution in [0.5, 0.6) is 0 Å². The summed E-state index contributed by atoms with van der Waals surface area (Å²) in [5.74, 6) is 0. The number of hydrogen-bond donors (Lipinski definition) is 2. The number of hydrogen-bond acceptors (Lipinski definition) is 4. The average molecular weight is 366 g/mol. The molecular formula is C19H31N3O2S. The third-order valence-corrected chi connectivity index (χ3v) is 6.24. The molecule has 25 heavy (non-hydrogen) atoms. The zero-order valence-electron chi connectivity index (χ0n) is 15.4. The summed E-state index contributed by atoms with van der Waals surface area (Å²) in [6, 6.07) is 8.60. The third kappa shape index (κ3) is 6.71. The van der Waals surface area contributed by atoms with E-state index in [2.05, 4.69) is 51.4 Å². The van der Waals surface area contributed by atoms with E-state index in [1.807, 2.05) is 0 Å². The van der Waals surface area contributed by atoms with Gasteiger partial charge in [-0.25, -0.2) is 13.1 Å². The van der Waals surface area contributed by atoms with E-state index in [9.17, 15) is 8.42 Å².